The standard InChI is InChI=1S/C30H39ClN8O3/c1-32-28(40)19-38-9-7-20-15-25(26(41-3)16-21(20)8-10-38)35-30-33-18-23(31)29(36-30)34-24-6-5-22(17-27(24)42-4)39-13-11-37(2)12-14-39/h5-6,15-18H,7-14,19H2,1-4H3,(H,32,40)(H2,33,34,35,36). The number of nitrogens with zero attached hydrogens (tertiary/aromatic N) is 5. The zero-order valence-electron chi connectivity index (χ0n) is 24.7. The van der Waals surface area contributed by atoms with Crippen LogP contribution in [0.1, 0.15) is 11.1 Å². The highest BCUT2D eigenvalue weighted by atomic mass is 35.5. The lowest BCUT2D eigenvalue weighted by Crippen LogP contribution is -2.44. The molecular weight excluding hydrogens is 556 g/mol. The first-order valence-corrected chi connectivity index (χ1v) is 14.6. The smallest absolute Gasteiger partial charge is 0.233 e. The van der Waals surface area contributed by atoms with Gasteiger partial charge in [0.15, 0.2) is 5.82 Å². The number of carbonyl (C=O) groups is 1. The van der Waals surface area contributed by atoms with Crippen molar-refractivity contribution in [2.75, 3.05) is 89.7 Å². The first-order chi connectivity index (χ1) is 20.4. The number of hydrogen-bond acceptors (Lipinski definition) is 10. The van der Waals surface area contributed by atoms with Crippen LogP contribution < -0.4 is 30.3 Å². The third-order valence-corrected chi connectivity index (χ3v) is 8.14. The van der Waals surface area contributed by atoms with Crippen LogP contribution in [0.3, 0.4) is 0 Å². The van der Waals surface area contributed by atoms with E-state index < -0.39 is 0 Å². The van der Waals surface area contributed by atoms with Gasteiger partial charge in [0.05, 0.1) is 38.3 Å². The van der Waals surface area contributed by atoms with E-state index in [0.717, 1.165) is 69.2 Å². The lowest BCUT2D eigenvalue weighted by molar-refractivity contribution is -0.121. The van der Waals surface area contributed by atoms with E-state index in [1.54, 1.807) is 27.5 Å². The minimum atomic E-state index is 0.0220. The number of halogens is 1. The van der Waals surface area contributed by atoms with E-state index in [9.17, 15) is 4.79 Å². The number of nitrogens with one attached hydrogen (secondary N) is 3. The maximum atomic E-state index is 11.9. The molecule has 1 saturated heterocycles. The Hall–Kier alpha value is -3.80. The molecule has 0 aliphatic carbocycles. The summed E-state index contributed by atoms with van der Waals surface area (Å²) in [5.74, 6) is 2.26. The summed E-state index contributed by atoms with van der Waals surface area (Å²) in [6.45, 7) is 6.00. The maximum absolute atomic E-state index is 11.9. The van der Waals surface area contributed by atoms with Gasteiger partial charge < -0.3 is 35.2 Å². The Labute approximate surface area is 252 Å². The summed E-state index contributed by atoms with van der Waals surface area (Å²) < 4.78 is 11.4. The van der Waals surface area contributed by atoms with Crippen LogP contribution in [0.15, 0.2) is 36.5 Å². The molecule has 1 fully saturated rings. The van der Waals surface area contributed by atoms with Gasteiger partial charge >= 0.3 is 0 Å². The molecule has 11 nitrogen and oxygen atoms in total. The molecule has 42 heavy (non-hydrogen) atoms. The fourth-order valence-electron chi connectivity index (χ4n) is 5.32. The van der Waals surface area contributed by atoms with Crippen molar-refractivity contribution in [2.45, 2.75) is 12.8 Å². The molecule has 0 saturated carbocycles. The van der Waals surface area contributed by atoms with Gasteiger partial charge in [-0.2, -0.15) is 4.98 Å². The number of rotatable bonds is 9. The van der Waals surface area contributed by atoms with E-state index in [2.05, 4.69) is 65.9 Å². The second kappa shape index (κ2) is 13.5. The van der Waals surface area contributed by atoms with Crippen LogP contribution in [0, 0.1) is 0 Å². The van der Waals surface area contributed by atoms with Gasteiger partial charge in [0.1, 0.15) is 16.5 Å². The van der Waals surface area contributed by atoms with Gasteiger partial charge in [0.25, 0.3) is 0 Å². The Morgan fingerprint density at radius 1 is 0.929 bits per heavy atom. The Kier molecular flexibility index (Phi) is 9.51. The molecule has 2 aromatic carbocycles. The number of anilines is 5. The third-order valence-electron chi connectivity index (χ3n) is 7.86. The van der Waals surface area contributed by atoms with E-state index in [0.29, 0.717) is 34.8 Å². The molecular formula is C30H39ClN8O3. The molecule has 0 atom stereocenters. The number of aromatic nitrogens is 2. The number of amides is 1. The molecule has 2 aliphatic heterocycles. The number of methoxy groups -OCH3 is 2. The monoisotopic (exact) mass is 594 g/mol. The summed E-state index contributed by atoms with van der Waals surface area (Å²) in [6.07, 6.45) is 3.23. The average Bonchev–Trinajstić information content (AvgIpc) is 3.20. The Bertz CT molecular complexity index is 1410. The van der Waals surface area contributed by atoms with Crippen LogP contribution in [0.25, 0.3) is 0 Å². The average molecular weight is 595 g/mol. The number of piperazine rings is 1. The van der Waals surface area contributed by atoms with Crippen molar-refractivity contribution >= 4 is 46.3 Å². The predicted molar refractivity (Wildman–Crippen MR) is 167 cm³/mol. The molecule has 1 aromatic heterocycles. The second-order valence-electron chi connectivity index (χ2n) is 10.6. The molecule has 5 rings (SSSR count). The largest absolute Gasteiger partial charge is 0.495 e. The van der Waals surface area contributed by atoms with Crippen molar-refractivity contribution in [1.29, 1.82) is 0 Å². The number of carbonyl (C=O) groups excluding carboxylic acids is 1. The molecule has 3 heterocycles. The van der Waals surface area contributed by atoms with Gasteiger partial charge in [-0.25, -0.2) is 4.98 Å². The first-order valence-electron chi connectivity index (χ1n) is 14.2. The molecule has 3 N–H and O–H groups in total. The van der Waals surface area contributed by atoms with Crippen molar-refractivity contribution < 1.29 is 14.3 Å². The topological polar surface area (TPSA) is 107 Å². The summed E-state index contributed by atoms with van der Waals surface area (Å²) >= 11 is 6.52. The summed E-state index contributed by atoms with van der Waals surface area (Å²) in [5, 5.41) is 9.73. The molecule has 0 spiro atoms. The van der Waals surface area contributed by atoms with Crippen molar-refractivity contribution in [3.05, 3.63) is 52.7 Å². The highest BCUT2D eigenvalue weighted by Gasteiger charge is 2.20. The lowest BCUT2D eigenvalue weighted by atomic mass is 10.0. The number of fused-ring (bicyclic) bond motifs is 1. The summed E-state index contributed by atoms with van der Waals surface area (Å²) in [4.78, 5) is 27.8. The van der Waals surface area contributed by atoms with E-state index in [-0.39, 0.29) is 5.91 Å². The van der Waals surface area contributed by atoms with E-state index in [1.807, 2.05) is 12.1 Å². The van der Waals surface area contributed by atoms with Crippen molar-refractivity contribution in [3.8, 4) is 11.5 Å². The lowest BCUT2D eigenvalue weighted by Gasteiger charge is -2.34. The van der Waals surface area contributed by atoms with Crippen molar-refractivity contribution in [1.82, 2.24) is 25.1 Å². The van der Waals surface area contributed by atoms with Gasteiger partial charge in [-0.1, -0.05) is 11.6 Å². The number of ether oxygens (including phenoxy) is 2. The number of benzene rings is 2. The minimum Gasteiger partial charge on any atom is -0.495 e. The maximum Gasteiger partial charge on any atom is 0.233 e. The van der Waals surface area contributed by atoms with Crippen LogP contribution in [0.2, 0.25) is 5.02 Å². The fraction of sp³-hybridized carbons (Fsp3) is 0.433. The normalized spacial score (nSPS) is 15.9. The highest BCUT2D eigenvalue weighted by molar-refractivity contribution is 6.33. The Balaban J connectivity index is 1.33. The van der Waals surface area contributed by atoms with Crippen LogP contribution in [-0.4, -0.2) is 99.8 Å². The molecule has 1 amide bonds. The highest BCUT2D eigenvalue weighted by Crippen LogP contribution is 2.36. The molecule has 0 bridgehead atoms. The van der Waals surface area contributed by atoms with Crippen LogP contribution in [-0.2, 0) is 17.6 Å². The Morgan fingerprint density at radius 3 is 2.31 bits per heavy atom. The minimum absolute atomic E-state index is 0.0220. The number of hydrogen-bond donors (Lipinski definition) is 3. The molecule has 2 aliphatic rings. The van der Waals surface area contributed by atoms with Gasteiger partial charge in [0, 0.05) is 58.1 Å². The predicted octanol–water partition coefficient (Wildman–Crippen LogP) is 3.53. The fourth-order valence-corrected chi connectivity index (χ4v) is 5.45. The first kappa shape index (κ1) is 29.7. The van der Waals surface area contributed by atoms with Gasteiger partial charge in [-0.05, 0) is 55.3 Å². The van der Waals surface area contributed by atoms with E-state index in [4.69, 9.17) is 21.1 Å². The van der Waals surface area contributed by atoms with Gasteiger partial charge in [0.2, 0.25) is 11.9 Å². The zero-order chi connectivity index (χ0) is 29.6. The van der Waals surface area contributed by atoms with E-state index in [1.165, 1.54) is 11.1 Å². The molecule has 0 unspecified atom stereocenters. The quantitative estimate of drug-likeness (QED) is 0.341. The molecule has 224 valence electrons. The zero-order valence-corrected chi connectivity index (χ0v) is 25.4. The van der Waals surface area contributed by atoms with Gasteiger partial charge in [-0.15, -0.1) is 0 Å². The molecule has 3 aromatic rings. The number of likely N-dealkylation sites (N-methyl/N-ethyl adjacent to an activating group) is 2. The summed E-state index contributed by atoms with van der Waals surface area (Å²) in [6, 6.07) is 10.3. The van der Waals surface area contributed by atoms with Crippen molar-refractivity contribution in [3.63, 3.8) is 0 Å². The van der Waals surface area contributed by atoms with E-state index >= 15 is 0 Å². The molecule has 0 radical (unpaired) electrons. The third kappa shape index (κ3) is 6.97. The second-order valence-corrected chi connectivity index (χ2v) is 11.0. The van der Waals surface area contributed by atoms with Crippen LogP contribution >= 0.6 is 11.6 Å². The summed E-state index contributed by atoms with van der Waals surface area (Å²) in [5.41, 5.74) is 5.05. The summed E-state index contributed by atoms with van der Waals surface area (Å²) in [7, 11) is 7.12. The SMILES string of the molecule is CNC(=O)CN1CCc2cc(Nc3ncc(Cl)c(Nc4ccc(N5CCN(C)CC5)cc4OC)n3)c(OC)cc2CC1. The van der Waals surface area contributed by atoms with Crippen molar-refractivity contribution in [2.24, 2.45) is 0 Å². The Morgan fingerprint density at radius 2 is 1.62 bits per heavy atom. The van der Waals surface area contributed by atoms with Gasteiger partial charge in [-0.3, -0.25) is 9.69 Å². The van der Waals surface area contributed by atoms with Crippen LogP contribution in [0.5, 0.6) is 11.5 Å². The molecule has 12 heteroatoms. The van der Waals surface area contributed by atoms with Crippen LogP contribution in [0.4, 0.5) is 28.8 Å².